The number of alkyl halides is 3. The van der Waals surface area contributed by atoms with Crippen LogP contribution in [0.3, 0.4) is 0 Å². The normalized spacial score (nSPS) is 11.4. The Labute approximate surface area is 244 Å². The van der Waals surface area contributed by atoms with Gasteiger partial charge >= 0.3 is 11.7 Å². The van der Waals surface area contributed by atoms with Gasteiger partial charge in [0.25, 0.3) is 0 Å². The van der Waals surface area contributed by atoms with Crippen LogP contribution in [0.5, 0.6) is 5.75 Å². The molecule has 0 N–H and O–H groups in total. The van der Waals surface area contributed by atoms with Gasteiger partial charge in [-0.2, -0.15) is 18.2 Å². The van der Waals surface area contributed by atoms with E-state index in [0.29, 0.717) is 35.1 Å². The average molecular weight is 601 g/mol. The van der Waals surface area contributed by atoms with E-state index in [1.54, 1.807) is 39.9 Å². The molecule has 2 aromatic heterocycles. The Bertz CT molecular complexity index is 1560. The number of hydrogen-bond donors (Lipinski definition) is 0. The molecule has 0 spiro atoms. The van der Waals surface area contributed by atoms with Crippen LogP contribution < -0.4 is 10.3 Å². The second kappa shape index (κ2) is 13.6. The van der Waals surface area contributed by atoms with Gasteiger partial charge in [0.2, 0.25) is 11.7 Å². The Morgan fingerprint density at radius 2 is 1.71 bits per heavy atom. The minimum absolute atomic E-state index is 0.000899. The van der Waals surface area contributed by atoms with Crippen LogP contribution in [0.1, 0.15) is 30.0 Å². The van der Waals surface area contributed by atoms with Crippen molar-refractivity contribution in [3.8, 4) is 17.0 Å². The topological polar surface area (TPSA) is 77.3 Å². The van der Waals surface area contributed by atoms with Gasteiger partial charge < -0.3 is 14.2 Å². The maximum atomic E-state index is 13.5. The van der Waals surface area contributed by atoms with E-state index >= 15 is 0 Å². The van der Waals surface area contributed by atoms with E-state index in [2.05, 4.69) is 9.97 Å². The van der Waals surface area contributed by atoms with E-state index in [4.69, 9.17) is 4.74 Å². The number of amides is 1. The summed E-state index contributed by atoms with van der Waals surface area (Å²) < 4.78 is 58.6. The summed E-state index contributed by atoms with van der Waals surface area (Å²) in [5, 5.41) is 0.317. The number of halogens is 4. The number of carbonyl (C=O) groups is 1. The second-order valence-corrected chi connectivity index (χ2v) is 10.3. The highest BCUT2D eigenvalue weighted by atomic mass is 32.2. The van der Waals surface area contributed by atoms with Crippen molar-refractivity contribution < 1.29 is 27.1 Å². The van der Waals surface area contributed by atoms with Crippen molar-refractivity contribution in [3.05, 3.63) is 106 Å². The molecule has 4 rings (SSSR count). The first-order valence-electron chi connectivity index (χ1n) is 13.0. The quantitative estimate of drug-likeness (QED) is 0.116. The third-order valence-electron chi connectivity index (χ3n) is 6.29. The molecule has 0 bridgehead atoms. The first-order chi connectivity index (χ1) is 20.1. The van der Waals surface area contributed by atoms with Crippen molar-refractivity contribution in [3.63, 3.8) is 0 Å². The number of benzene rings is 2. The minimum Gasteiger partial charge on any atom is -0.490 e. The van der Waals surface area contributed by atoms with Crippen molar-refractivity contribution in [2.45, 2.75) is 43.5 Å². The Morgan fingerprint density at radius 3 is 2.31 bits per heavy atom. The zero-order valence-corrected chi connectivity index (χ0v) is 23.7. The van der Waals surface area contributed by atoms with Crippen molar-refractivity contribution in [1.29, 1.82) is 0 Å². The average Bonchev–Trinajstić information content (AvgIpc) is 2.97. The van der Waals surface area contributed by atoms with Gasteiger partial charge in [-0.1, -0.05) is 49.0 Å². The van der Waals surface area contributed by atoms with Gasteiger partial charge in [-0.05, 0) is 47.9 Å². The number of aromatic nitrogens is 3. The first kappa shape index (κ1) is 30.8. The van der Waals surface area contributed by atoms with Crippen LogP contribution in [-0.2, 0) is 29.8 Å². The maximum absolute atomic E-state index is 13.5. The Morgan fingerprint density at radius 1 is 1.02 bits per heavy atom. The van der Waals surface area contributed by atoms with Gasteiger partial charge in [0.1, 0.15) is 12.4 Å². The fourth-order valence-corrected chi connectivity index (χ4v) is 5.02. The number of methoxy groups -OCH3 is 1. The summed E-state index contributed by atoms with van der Waals surface area (Å²) in [5.41, 5.74) is 1.33. The van der Waals surface area contributed by atoms with E-state index < -0.39 is 17.3 Å². The van der Waals surface area contributed by atoms with Crippen molar-refractivity contribution >= 4 is 17.7 Å². The summed E-state index contributed by atoms with van der Waals surface area (Å²) in [5.74, 6) is -0.170. The number of rotatable bonds is 11. The molecule has 1 amide bonds. The van der Waals surface area contributed by atoms with Crippen LogP contribution in [-0.4, -0.2) is 39.0 Å². The van der Waals surface area contributed by atoms with E-state index in [-0.39, 0.29) is 30.6 Å². The Balaban J connectivity index is 1.49. The second-order valence-electron chi connectivity index (χ2n) is 9.38. The predicted molar refractivity (Wildman–Crippen MR) is 151 cm³/mol. The monoisotopic (exact) mass is 600 g/mol. The highest BCUT2D eigenvalue weighted by Crippen LogP contribution is 2.30. The number of pyridine rings is 1. The van der Waals surface area contributed by atoms with Gasteiger partial charge in [-0.15, -0.1) is 0 Å². The van der Waals surface area contributed by atoms with Crippen molar-refractivity contribution in [2.24, 2.45) is 0 Å². The zero-order valence-electron chi connectivity index (χ0n) is 22.9. The van der Waals surface area contributed by atoms with Crippen LogP contribution in [0.2, 0.25) is 0 Å². The fourth-order valence-electron chi connectivity index (χ4n) is 4.10. The van der Waals surface area contributed by atoms with Gasteiger partial charge in [0.15, 0.2) is 5.16 Å². The summed E-state index contributed by atoms with van der Waals surface area (Å²) in [4.78, 5) is 36.0. The molecule has 0 saturated carbocycles. The maximum Gasteiger partial charge on any atom is 0.416 e. The fraction of sp³-hybridized carbons (Fsp3) is 0.267. The Kier molecular flexibility index (Phi) is 10.00. The van der Waals surface area contributed by atoms with Crippen LogP contribution >= 0.6 is 11.8 Å². The number of ether oxygens (including phenoxy) is 1. The first-order valence-corrected chi connectivity index (χ1v) is 14.0. The van der Waals surface area contributed by atoms with Gasteiger partial charge in [0.05, 0.1) is 24.6 Å². The molecule has 2 heterocycles. The highest BCUT2D eigenvalue weighted by molar-refractivity contribution is 7.98. The molecule has 0 saturated heterocycles. The molecule has 0 atom stereocenters. The molecule has 0 aliphatic heterocycles. The van der Waals surface area contributed by atoms with Crippen molar-refractivity contribution in [2.75, 3.05) is 13.7 Å². The van der Waals surface area contributed by atoms with E-state index in [9.17, 15) is 27.2 Å². The molecule has 0 radical (unpaired) electrons. The van der Waals surface area contributed by atoms with Crippen LogP contribution in [0, 0.1) is 5.82 Å². The summed E-state index contributed by atoms with van der Waals surface area (Å²) >= 11 is 1.24. The summed E-state index contributed by atoms with van der Waals surface area (Å²) in [6, 6.07) is 14.2. The van der Waals surface area contributed by atoms with Crippen LogP contribution in [0.25, 0.3) is 11.3 Å². The standard InChI is InChI=1S/C30H28F4N4O3S/c1-3-14-37(16-21-6-13-25(35-15-21)22-7-9-23(10-8-22)30(32,33)34)27(39)18-38-17-26(41-2)28(40)36-29(38)42-19-20-4-11-24(31)12-5-20/h4-13,15,17H,3,14,16,18-19H2,1-2H3. The van der Waals surface area contributed by atoms with E-state index in [1.165, 1.54) is 49.3 Å². The van der Waals surface area contributed by atoms with Crippen LogP contribution in [0.15, 0.2) is 83.0 Å². The molecule has 4 aromatic rings. The lowest BCUT2D eigenvalue weighted by molar-refractivity contribution is -0.137. The van der Waals surface area contributed by atoms with E-state index in [0.717, 1.165) is 23.3 Å². The van der Waals surface area contributed by atoms with Gasteiger partial charge in [-0.3, -0.25) is 14.6 Å². The number of hydrogen-bond acceptors (Lipinski definition) is 6. The lowest BCUT2D eigenvalue weighted by Crippen LogP contribution is -2.35. The van der Waals surface area contributed by atoms with Crippen molar-refractivity contribution in [1.82, 2.24) is 19.4 Å². The number of carbonyl (C=O) groups excluding carboxylic acids is 1. The third-order valence-corrected chi connectivity index (χ3v) is 7.35. The van der Waals surface area contributed by atoms with Gasteiger partial charge in [-0.25, -0.2) is 4.39 Å². The number of thioether (sulfide) groups is 1. The summed E-state index contributed by atoms with van der Waals surface area (Å²) in [6.45, 7) is 2.56. The summed E-state index contributed by atoms with van der Waals surface area (Å²) in [7, 11) is 1.35. The molecule has 12 heteroatoms. The SMILES string of the molecule is CCCN(Cc1ccc(-c2ccc(C(F)(F)F)cc2)nc1)C(=O)Cn1cc(OC)c(=O)nc1SCc1ccc(F)cc1. The van der Waals surface area contributed by atoms with Gasteiger partial charge in [0, 0.05) is 30.6 Å². The zero-order chi connectivity index (χ0) is 30.3. The lowest BCUT2D eigenvalue weighted by Gasteiger charge is -2.23. The molecular weight excluding hydrogens is 572 g/mol. The molecule has 7 nitrogen and oxygen atoms in total. The molecule has 0 fully saturated rings. The Hall–Kier alpha value is -4.19. The molecule has 42 heavy (non-hydrogen) atoms. The molecule has 0 aliphatic carbocycles. The van der Waals surface area contributed by atoms with Crippen LogP contribution in [0.4, 0.5) is 17.6 Å². The predicted octanol–water partition coefficient (Wildman–Crippen LogP) is 6.20. The number of nitrogens with zero attached hydrogens (tertiary/aromatic N) is 4. The molecular formula is C30H28F4N4O3S. The lowest BCUT2D eigenvalue weighted by atomic mass is 10.1. The minimum atomic E-state index is -4.41. The molecule has 0 unspecified atom stereocenters. The largest absolute Gasteiger partial charge is 0.490 e. The summed E-state index contributed by atoms with van der Waals surface area (Å²) in [6.07, 6.45) is -0.675. The van der Waals surface area contributed by atoms with E-state index in [1.807, 2.05) is 6.92 Å². The highest BCUT2D eigenvalue weighted by Gasteiger charge is 2.30. The smallest absolute Gasteiger partial charge is 0.416 e. The third kappa shape index (κ3) is 7.96. The molecule has 220 valence electrons. The molecule has 2 aromatic carbocycles. The molecule has 0 aliphatic rings.